The molecule has 0 saturated carbocycles. The van der Waals surface area contributed by atoms with E-state index in [4.69, 9.17) is 4.42 Å². The maximum atomic E-state index is 6.38. The van der Waals surface area contributed by atoms with Crippen LogP contribution in [0.4, 0.5) is 17.1 Å². The molecular formula is C60H40N2O. The number of rotatable bonds is 8. The van der Waals surface area contributed by atoms with Gasteiger partial charge in [-0.2, -0.15) is 0 Å². The molecule has 296 valence electrons. The van der Waals surface area contributed by atoms with E-state index in [9.17, 15) is 0 Å². The molecule has 0 bridgehead atoms. The number of hydrogen-bond acceptors (Lipinski definition) is 2. The van der Waals surface area contributed by atoms with Crippen molar-refractivity contribution in [2.24, 2.45) is 0 Å². The second kappa shape index (κ2) is 15.3. The summed E-state index contributed by atoms with van der Waals surface area (Å²) in [7, 11) is 0. The molecule has 3 heteroatoms. The first-order valence-electron chi connectivity index (χ1n) is 21.5. The number of hydrogen-bond donors (Lipinski definition) is 0. The molecule has 3 nitrogen and oxygen atoms in total. The Labute approximate surface area is 366 Å². The van der Waals surface area contributed by atoms with Gasteiger partial charge in [-0.15, -0.1) is 0 Å². The lowest BCUT2D eigenvalue weighted by Gasteiger charge is -2.28. The smallest absolute Gasteiger partial charge is 0.137 e. The van der Waals surface area contributed by atoms with Gasteiger partial charge in [-0.1, -0.05) is 182 Å². The van der Waals surface area contributed by atoms with Crippen molar-refractivity contribution in [3.05, 3.63) is 243 Å². The molecule has 10 aromatic carbocycles. The van der Waals surface area contributed by atoms with Crippen LogP contribution in [0, 0.1) is 0 Å². The normalized spacial score (nSPS) is 11.5. The van der Waals surface area contributed by atoms with E-state index < -0.39 is 0 Å². The monoisotopic (exact) mass is 804 g/mol. The molecular weight excluding hydrogens is 765 g/mol. The highest BCUT2D eigenvalue weighted by Crippen LogP contribution is 2.45. The van der Waals surface area contributed by atoms with Gasteiger partial charge >= 0.3 is 0 Å². The maximum absolute atomic E-state index is 6.38. The summed E-state index contributed by atoms with van der Waals surface area (Å²) in [5.74, 6) is 0. The van der Waals surface area contributed by atoms with Crippen LogP contribution in [-0.2, 0) is 0 Å². The highest BCUT2D eigenvalue weighted by atomic mass is 16.3. The van der Waals surface area contributed by atoms with Crippen molar-refractivity contribution in [1.82, 2.24) is 4.57 Å². The average Bonchev–Trinajstić information content (AvgIpc) is 3.92. The first kappa shape index (κ1) is 36.5. The van der Waals surface area contributed by atoms with Crippen molar-refractivity contribution in [3.63, 3.8) is 0 Å². The van der Waals surface area contributed by atoms with Crippen molar-refractivity contribution < 1.29 is 4.42 Å². The first-order valence-corrected chi connectivity index (χ1v) is 21.5. The van der Waals surface area contributed by atoms with Gasteiger partial charge in [0.2, 0.25) is 0 Å². The summed E-state index contributed by atoms with van der Waals surface area (Å²) in [5, 5.41) is 4.65. The third kappa shape index (κ3) is 6.29. The summed E-state index contributed by atoms with van der Waals surface area (Å²) in [6.45, 7) is 0. The van der Waals surface area contributed by atoms with Gasteiger partial charge in [0.1, 0.15) is 11.2 Å². The second-order valence-electron chi connectivity index (χ2n) is 16.1. The lowest BCUT2D eigenvalue weighted by molar-refractivity contribution is 0.669. The zero-order chi connectivity index (χ0) is 41.7. The Balaban J connectivity index is 1.01. The molecule has 0 aliphatic heterocycles. The Hall–Kier alpha value is -8.40. The summed E-state index contributed by atoms with van der Waals surface area (Å²) in [6, 6.07) is 87.1. The summed E-state index contributed by atoms with van der Waals surface area (Å²) >= 11 is 0. The Morgan fingerprint density at radius 1 is 0.317 bits per heavy atom. The van der Waals surface area contributed by atoms with E-state index in [-0.39, 0.29) is 0 Å². The van der Waals surface area contributed by atoms with Crippen molar-refractivity contribution in [2.75, 3.05) is 4.90 Å². The van der Waals surface area contributed by atoms with E-state index in [1.165, 1.54) is 44.2 Å². The minimum Gasteiger partial charge on any atom is -0.456 e. The largest absolute Gasteiger partial charge is 0.456 e. The zero-order valence-corrected chi connectivity index (χ0v) is 34.4. The third-order valence-corrected chi connectivity index (χ3v) is 12.4. The van der Waals surface area contributed by atoms with Crippen LogP contribution in [-0.4, -0.2) is 4.57 Å². The molecule has 0 atom stereocenters. The average molecular weight is 805 g/mol. The molecule has 0 N–H and O–H groups in total. The van der Waals surface area contributed by atoms with Gasteiger partial charge in [0.15, 0.2) is 0 Å². The summed E-state index contributed by atoms with van der Waals surface area (Å²) in [4.78, 5) is 2.41. The van der Waals surface area contributed by atoms with Crippen molar-refractivity contribution in [1.29, 1.82) is 0 Å². The molecule has 2 aromatic heterocycles. The Morgan fingerprint density at radius 2 is 0.857 bits per heavy atom. The van der Waals surface area contributed by atoms with E-state index >= 15 is 0 Å². The van der Waals surface area contributed by atoms with Crippen molar-refractivity contribution in [3.8, 4) is 50.2 Å². The molecule has 2 heterocycles. The number of nitrogens with zero attached hydrogens (tertiary/aromatic N) is 2. The lowest BCUT2D eigenvalue weighted by Crippen LogP contribution is -2.11. The number of anilines is 3. The minimum absolute atomic E-state index is 0.883. The second-order valence-corrected chi connectivity index (χ2v) is 16.1. The zero-order valence-electron chi connectivity index (χ0n) is 34.4. The number of fused-ring (bicyclic) bond motifs is 6. The molecule has 0 saturated heterocycles. The van der Waals surface area contributed by atoms with Crippen molar-refractivity contribution in [2.45, 2.75) is 0 Å². The van der Waals surface area contributed by atoms with Gasteiger partial charge in [-0.3, -0.25) is 0 Å². The standard InChI is InChI=1S/C60H40N2O/c1-3-16-41(17-4-1)42-32-34-43(35-33-42)44-36-38-47(39-37-44)61(53-26-10-7-22-49(53)45-18-5-2-6-19-45)48-21-13-20-46(40-48)50-25-14-28-55-59(50)51-23-8-11-27-54(51)62(55)56-29-15-31-58-60(56)52-24-9-12-30-57(52)63-58/h1-40H. The minimum atomic E-state index is 0.883. The van der Waals surface area contributed by atoms with Gasteiger partial charge in [0.25, 0.3) is 0 Å². The van der Waals surface area contributed by atoms with Crippen molar-refractivity contribution >= 4 is 60.8 Å². The quantitative estimate of drug-likeness (QED) is 0.153. The Bertz CT molecular complexity index is 3600. The van der Waals surface area contributed by atoms with E-state index in [0.29, 0.717) is 0 Å². The van der Waals surface area contributed by atoms with Gasteiger partial charge < -0.3 is 13.9 Å². The molecule has 12 rings (SSSR count). The van der Waals surface area contributed by atoms with Gasteiger partial charge in [-0.05, 0) is 99.6 Å². The fourth-order valence-electron chi connectivity index (χ4n) is 9.52. The van der Waals surface area contributed by atoms with Crippen LogP contribution in [0.1, 0.15) is 0 Å². The highest BCUT2D eigenvalue weighted by molar-refractivity contribution is 6.18. The molecule has 0 amide bonds. The van der Waals surface area contributed by atoms with E-state index in [1.807, 2.05) is 6.07 Å². The first-order chi connectivity index (χ1) is 31.3. The van der Waals surface area contributed by atoms with Crippen LogP contribution in [0.3, 0.4) is 0 Å². The highest BCUT2D eigenvalue weighted by Gasteiger charge is 2.22. The van der Waals surface area contributed by atoms with Crippen LogP contribution in [0.5, 0.6) is 0 Å². The molecule has 12 aromatic rings. The molecule has 0 aliphatic rings. The SMILES string of the molecule is c1ccc(-c2ccc(-c3ccc(N(c4cccc(-c5cccc6c5c5ccccc5n6-c5cccc6oc7ccccc7c56)c4)c4ccccc4-c4ccccc4)cc3)cc2)cc1. The fourth-order valence-corrected chi connectivity index (χ4v) is 9.52. The number of furan rings is 1. The predicted octanol–water partition coefficient (Wildman–Crippen LogP) is 16.8. The molecule has 0 fully saturated rings. The molecule has 0 spiro atoms. The Morgan fingerprint density at radius 3 is 1.63 bits per heavy atom. The third-order valence-electron chi connectivity index (χ3n) is 12.4. The van der Waals surface area contributed by atoms with Gasteiger partial charge in [-0.25, -0.2) is 0 Å². The van der Waals surface area contributed by atoms with Gasteiger partial charge in [0, 0.05) is 33.1 Å². The van der Waals surface area contributed by atoms with Crippen LogP contribution < -0.4 is 4.90 Å². The van der Waals surface area contributed by atoms with Crippen LogP contribution >= 0.6 is 0 Å². The Kier molecular flexibility index (Phi) is 8.83. The molecule has 0 radical (unpaired) electrons. The van der Waals surface area contributed by atoms with Crippen LogP contribution in [0.25, 0.3) is 93.9 Å². The molecule has 0 aliphatic carbocycles. The predicted molar refractivity (Wildman–Crippen MR) is 264 cm³/mol. The van der Waals surface area contributed by atoms with Crippen LogP contribution in [0.15, 0.2) is 247 Å². The molecule has 0 unspecified atom stereocenters. The topological polar surface area (TPSA) is 21.3 Å². The van der Waals surface area contributed by atoms with Gasteiger partial charge in [0.05, 0.1) is 27.8 Å². The maximum Gasteiger partial charge on any atom is 0.137 e. The number of benzene rings is 10. The van der Waals surface area contributed by atoms with E-state index in [0.717, 1.165) is 66.8 Å². The summed E-state index contributed by atoms with van der Waals surface area (Å²) in [5.41, 5.74) is 17.9. The summed E-state index contributed by atoms with van der Waals surface area (Å²) < 4.78 is 8.80. The lowest BCUT2D eigenvalue weighted by atomic mass is 9.97. The fraction of sp³-hybridized carbons (Fsp3) is 0. The molecule has 63 heavy (non-hydrogen) atoms. The van der Waals surface area contributed by atoms with E-state index in [1.54, 1.807) is 0 Å². The number of aromatic nitrogens is 1. The number of para-hydroxylation sites is 3. The van der Waals surface area contributed by atoms with Crippen LogP contribution in [0.2, 0.25) is 0 Å². The summed E-state index contributed by atoms with van der Waals surface area (Å²) in [6.07, 6.45) is 0. The van der Waals surface area contributed by atoms with E-state index in [2.05, 4.69) is 246 Å².